The molecule has 2 aromatic carbocycles. The van der Waals surface area contributed by atoms with Crippen LogP contribution in [0.2, 0.25) is 0 Å². The summed E-state index contributed by atoms with van der Waals surface area (Å²) in [7, 11) is 0. The van der Waals surface area contributed by atoms with Crippen LogP contribution in [0, 0.1) is 11.8 Å². The summed E-state index contributed by atoms with van der Waals surface area (Å²) in [6.07, 6.45) is 3.35. The molecule has 0 bridgehead atoms. The maximum Gasteiger partial charge on any atom is 0.292 e. The van der Waals surface area contributed by atoms with E-state index in [0.29, 0.717) is 28.3 Å². The molecule has 1 saturated carbocycles. The lowest BCUT2D eigenvalue weighted by Gasteiger charge is -2.26. The Morgan fingerprint density at radius 1 is 1.00 bits per heavy atom. The summed E-state index contributed by atoms with van der Waals surface area (Å²) < 4.78 is 1.27. The first-order valence-corrected chi connectivity index (χ1v) is 10.0. The third kappa shape index (κ3) is 3.70. The minimum absolute atomic E-state index is 0.185. The molecule has 148 valence electrons. The Kier molecular flexibility index (Phi) is 5.25. The fourth-order valence-electron chi connectivity index (χ4n) is 4.00. The minimum Gasteiger partial charge on any atom is -0.267 e. The molecule has 1 aliphatic rings. The number of amides is 1. The van der Waals surface area contributed by atoms with E-state index in [1.165, 1.54) is 11.1 Å². The zero-order chi connectivity index (χ0) is 20.4. The number of carbonyl (C=O) groups excluding carboxylic acids is 1. The number of carbonyl (C=O) groups is 1. The summed E-state index contributed by atoms with van der Waals surface area (Å²) in [4.78, 5) is 25.9. The number of hydrazone groups is 1. The third-order valence-corrected chi connectivity index (χ3v) is 5.59. The molecule has 1 heterocycles. The topological polar surface area (TPSA) is 76.3 Å². The Hall–Kier alpha value is -3.28. The molecule has 2 atom stereocenters. The molecule has 6 nitrogen and oxygen atoms in total. The molecule has 3 aromatic rings. The van der Waals surface area contributed by atoms with E-state index in [-0.39, 0.29) is 11.3 Å². The van der Waals surface area contributed by atoms with Gasteiger partial charge < -0.3 is 0 Å². The van der Waals surface area contributed by atoms with Gasteiger partial charge in [-0.25, -0.2) is 5.43 Å². The van der Waals surface area contributed by atoms with E-state index in [9.17, 15) is 9.59 Å². The maximum atomic E-state index is 13.0. The quantitative estimate of drug-likeness (QED) is 0.691. The van der Waals surface area contributed by atoms with Crippen LogP contribution in [0.4, 0.5) is 0 Å². The molecule has 0 unspecified atom stereocenters. The highest BCUT2D eigenvalue weighted by atomic mass is 16.2. The number of nitrogens with one attached hydrogen (secondary N) is 1. The van der Waals surface area contributed by atoms with Crippen LogP contribution in [-0.2, 0) is 0 Å². The largest absolute Gasteiger partial charge is 0.292 e. The zero-order valence-corrected chi connectivity index (χ0v) is 16.6. The van der Waals surface area contributed by atoms with E-state index in [0.717, 1.165) is 18.6 Å². The van der Waals surface area contributed by atoms with Crippen LogP contribution in [0.15, 0.2) is 64.5 Å². The normalized spacial score (nSPS) is 19.2. The fraction of sp³-hybridized carbons (Fsp3) is 0.304. The molecular formula is C23H24N4O2. The summed E-state index contributed by atoms with van der Waals surface area (Å²) in [6, 6.07) is 16.1. The molecule has 1 amide bonds. The summed E-state index contributed by atoms with van der Waals surface area (Å²) in [6.45, 7) is 4.29. The zero-order valence-electron chi connectivity index (χ0n) is 16.6. The molecule has 1 N–H and O–H groups in total. The maximum absolute atomic E-state index is 13.0. The Labute approximate surface area is 169 Å². The predicted molar refractivity (Wildman–Crippen MR) is 114 cm³/mol. The summed E-state index contributed by atoms with van der Waals surface area (Å²) >= 11 is 0. The van der Waals surface area contributed by atoms with Gasteiger partial charge >= 0.3 is 0 Å². The van der Waals surface area contributed by atoms with Crippen LogP contribution in [0.5, 0.6) is 0 Å². The monoisotopic (exact) mass is 388 g/mol. The number of rotatable bonds is 3. The molecule has 0 saturated heterocycles. The molecule has 0 aliphatic heterocycles. The molecule has 1 aromatic heterocycles. The fourth-order valence-corrected chi connectivity index (χ4v) is 4.00. The van der Waals surface area contributed by atoms with Crippen LogP contribution in [0.25, 0.3) is 16.5 Å². The van der Waals surface area contributed by atoms with Crippen molar-refractivity contribution in [2.75, 3.05) is 0 Å². The second-order valence-electron chi connectivity index (χ2n) is 7.66. The van der Waals surface area contributed by atoms with E-state index in [4.69, 9.17) is 0 Å². The third-order valence-electron chi connectivity index (χ3n) is 5.59. The van der Waals surface area contributed by atoms with Crippen molar-refractivity contribution < 1.29 is 4.79 Å². The van der Waals surface area contributed by atoms with Gasteiger partial charge in [-0.3, -0.25) is 9.59 Å². The van der Waals surface area contributed by atoms with Gasteiger partial charge in [0.15, 0.2) is 5.69 Å². The van der Waals surface area contributed by atoms with Crippen molar-refractivity contribution in [3.8, 4) is 5.69 Å². The van der Waals surface area contributed by atoms with Gasteiger partial charge in [0.2, 0.25) is 0 Å². The van der Waals surface area contributed by atoms with Gasteiger partial charge in [0.25, 0.3) is 11.5 Å². The second-order valence-corrected chi connectivity index (χ2v) is 7.66. The first kappa shape index (κ1) is 19.1. The van der Waals surface area contributed by atoms with Crippen molar-refractivity contribution in [1.82, 2.24) is 15.2 Å². The van der Waals surface area contributed by atoms with Gasteiger partial charge in [0, 0.05) is 11.1 Å². The number of benzene rings is 2. The molecule has 0 radical (unpaired) electrons. The number of fused-ring (bicyclic) bond motifs is 1. The average molecular weight is 388 g/mol. The molecule has 6 heteroatoms. The number of para-hydroxylation sites is 1. The Balaban J connectivity index is 1.78. The predicted octanol–water partition coefficient (Wildman–Crippen LogP) is 3.93. The Morgan fingerprint density at radius 2 is 1.62 bits per heavy atom. The van der Waals surface area contributed by atoms with Crippen molar-refractivity contribution in [2.24, 2.45) is 16.9 Å². The van der Waals surface area contributed by atoms with Crippen LogP contribution < -0.4 is 11.0 Å². The Morgan fingerprint density at radius 3 is 2.31 bits per heavy atom. The van der Waals surface area contributed by atoms with Gasteiger partial charge in [0.1, 0.15) is 0 Å². The van der Waals surface area contributed by atoms with Crippen molar-refractivity contribution in [3.63, 3.8) is 0 Å². The highest BCUT2D eigenvalue weighted by Gasteiger charge is 2.24. The van der Waals surface area contributed by atoms with E-state index >= 15 is 0 Å². The van der Waals surface area contributed by atoms with Gasteiger partial charge in [0.05, 0.1) is 11.1 Å². The molecule has 4 rings (SSSR count). The Bertz CT molecular complexity index is 1120. The van der Waals surface area contributed by atoms with Crippen molar-refractivity contribution in [1.29, 1.82) is 0 Å². The SMILES string of the molecule is C[C@@H]1CCC[C@@H](C)C1=NNC(=O)c1nn(-c2ccccc2)c(=O)c2ccccc12. The van der Waals surface area contributed by atoms with Gasteiger partial charge in [-0.1, -0.05) is 56.7 Å². The molecule has 1 aliphatic carbocycles. The average Bonchev–Trinajstić information content (AvgIpc) is 2.74. The molecule has 0 spiro atoms. The second kappa shape index (κ2) is 7.99. The minimum atomic E-state index is -0.414. The number of nitrogens with zero attached hydrogens (tertiary/aromatic N) is 3. The summed E-state index contributed by atoms with van der Waals surface area (Å²) in [5.41, 5.74) is 4.24. The lowest BCUT2D eigenvalue weighted by Crippen LogP contribution is -2.31. The molecular weight excluding hydrogens is 364 g/mol. The standard InChI is InChI=1S/C23H24N4O2/c1-15-9-8-10-16(2)20(15)24-25-22(28)21-18-13-6-7-14-19(18)23(29)27(26-21)17-11-4-3-5-12-17/h3-7,11-16H,8-10H2,1-2H3,(H,25,28)/t15-,16-/m1/s1. The summed E-state index contributed by atoms with van der Waals surface area (Å²) in [5, 5.41) is 9.81. The lowest BCUT2D eigenvalue weighted by molar-refractivity contribution is 0.0949. The van der Waals surface area contributed by atoms with Crippen LogP contribution in [-0.4, -0.2) is 21.4 Å². The lowest BCUT2D eigenvalue weighted by atomic mass is 9.81. The number of hydrogen-bond acceptors (Lipinski definition) is 4. The molecule has 29 heavy (non-hydrogen) atoms. The van der Waals surface area contributed by atoms with Gasteiger partial charge in [-0.15, -0.1) is 0 Å². The first-order chi connectivity index (χ1) is 14.1. The number of aromatic nitrogens is 2. The van der Waals surface area contributed by atoms with Crippen LogP contribution in [0.3, 0.4) is 0 Å². The highest BCUT2D eigenvalue weighted by molar-refractivity contribution is 6.05. The number of hydrogen-bond donors (Lipinski definition) is 1. The molecule has 1 fully saturated rings. The van der Waals surface area contributed by atoms with E-state index < -0.39 is 5.91 Å². The van der Waals surface area contributed by atoms with Gasteiger partial charge in [-0.2, -0.15) is 14.9 Å². The highest BCUT2D eigenvalue weighted by Crippen LogP contribution is 2.26. The first-order valence-electron chi connectivity index (χ1n) is 10.0. The summed E-state index contributed by atoms with van der Waals surface area (Å²) in [5.74, 6) is 0.285. The van der Waals surface area contributed by atoms with Crippen molar-refractivity contribution in [3.05, 3.63) is 70.6 Å². The van der Waals surface area contributed by atoms with Crippen molar-refractivity contribution >= 4 is 22.4 Å². The van der Waals surface area contributed by atoms with Gasteiger partial charge in [-0.05, 0) is 42.9 Å². The van der Waals surface area contributed by atoms with E-state index in [1.807, 2.05) is 18.2 Å². The van der Waals surface area contributed by atoms with E-state index in [1.54, 1.807) is 36.4 Å². The van der Waals surface area contributed by atoms with Crippen LogP contribution in [0.1, 0.15) is 43.6 Å². The van der Waals surface area contributed by atoms with Crippen LogP contribution >= 0.6 is 0 Å². The van der Waals surface area contributed by atoms with Crippen molar-refractivity contribution in [2.45, 2.75) is 33.1 Å². The smallest absolute Gasteiger partial charge is 0.267 e. The van der Waals surface area contributed by atoms with E-state index in [2.05, 4.69) is 29.5 Å².